The molecule has 2 atom stereocenters. The Labute approximate surface area is 185 Å². The van der Waals surface area contributed by atoms with Gasteiger partial charge in [0.25, 0.3) is 0 Å². The number of unbranched alkanes of at least 4 members (excludes halogenated alkanes) is 1. The molecule has 0 bridgehead atoms. The van der Waals surface area contributed by atoms with Gasteiger partial charge >= 0.3 is 5.97 Å². The lowest BCUT2D eigenvalue weighted by molar-refractivity contribution is 0.0517. The van der Waals surface area contributed by atoms with Gasteiger partial charge in [-0.3, -0.25) is 9.19 Å². The van der Waals surface area contributed by atoms with Gasteiger partial charge < -0.3 is 25.0 Å². The Hall–Kier alpha value is -2.33. The summed E-state index contributed by atoms with van der Waals surface area (Å²) in [5.74, 6) is -0.414. The number of carbonyl (C=O) groups excluding carboxylic acids is 1. The summed E-state index contributed by atoms with van der Waals surface area (Å²) < 4.78 is 22.3. The number of aromatic nitrogens is 1. The van der Waals surface area contributed by atoms with E-state index in [1.165, 1.54) is 12.3 Å². The largest absolute Gasteiger partial charge is 0.507 e. The molecule has 0 aliphatic carbocycles. The highest BCUT2D eigenvalue weighted by Gasteiger charge is 2.13. The molecule has 0 aliphatic heterocycles. The number of esters is 1. The van der Waals surface area contributed by atoms with E-state index in [2.05, 4.69) is 10.3 Å². The van der Waals surface area contributed by atoms with Gasteiger partial charge in [-0.2, -0.15) is 0 Å². The van der Waals surface area contributed by atoms with Crippen LogP contribution in [0.2, 0.25) is 0 Å². The van der Waals surface area contributed by atoms with E-state index in [0.29, 0.717) is 47.9 Å². The predicted octanol–water partition coefficient (Wildman–Crippen LogP) is 2.32. The fraction of sp³-hybridized carbons (Fsp3) is 0.455. The summed E-state index contributed by atoms with van der Waals surface area (Å²) in [6.45, 7) is 3.94. The lowest BCUT2D eigenvalue weighted by Gasteiger charge is -2.14. The average molecular weight is 451 g/mol. The highest BCUT2D eigenvalue weighted by atomic mass is 32.2. The van der Waals surface area contributed by atoms with E-state index in [1.54, 1.807) is 37.5 Å². The van der Waals surface area contributed by atoms with Gasteiger partial charge in [0.1, 0.15) is 5.75 Å². The molecule has 0 fully saturated rings. The molecule has 1 aromatic carbocycles. The summed E-state index contributed by atoms with van der Waals surface area (Å²) in [7, 11) is -1.32. The minimum absolute atomic E-state index is 0.0367. The van der Waals surface area contributed by atoms with Crippen molar-refractivity contribution in [3.63, 3.8) is 0 Å². The molecule has 170 valence electrons. The maximum atomic E-state index is 11.9. The van der Waals surface area contributed by atoms with Gasteiger partial charge in [0.05, 0.1) is 40.6 Å². The molecule has 8 nitrogen and oxygen atoms in total. The molecule has 2 aromatic rings. The molecule has 0 amide bonds. The molecule has 3 N–H and O–H groups in total. The van der Waals surface area contributed by atoms with E-state index >= 15 is 0 Å². The van der Waals surface area contributed by atoms with Crippen LogP contribution in [-0.2, 0) is 26.9 Å². The number of aliphatic hydroxyl groups is 1. The average Bonchev–Trinajstić information content (AvgIpc) is 2.76. The van der Waals surface area contributed by atoms with Gasteiger partial charge in [-0.25, -0.2) is 4.79 Å². The zero-order chi connectivity index (χ0) is 22.6. The fourth-order valence-corrected chi connectivity index (χ4v) is 3.58. The monoisotopic (exact) mass is 450 g/mol. The molecule has 2 unspecified atom stereocenters. The van der Waals surface area contributed by atoms with Gasteiger partial charge in [0.2, 0.25) is 0 Å². The van der Waals surface area contributed by atoms with Crippen molar-refractivity contribution in [1.29, 1.82) is 0 Å². The number of pyridine rings is 1. The molecular formula is C22H30N2O6S. The summed E-state index contributed by atoms with van der Waals surface area (Å²) in [6, 6.07) is 6.26. The van der Waals surface area contributed by atoms with Crippen LogP contribution in [0.5, 0.6) is 5.75 Å². The highest BCUT2D eigenvalue weighted by molar-refractivity contribution is 7.84. The van der Waals surface area contributed by atoms with Gasteiger partial charge in [-0.05, 0) is 50.1 Å². The Kier molecular flexibility index (Phi) is 10.6. The molecule has 0 saturated carbocycles. The minimum atomic E-state index is -1.32. The number of ether oxygens (including phenoxy) is 2. The molecule has 1 aromatic heterocycles. The normalized spacial score (nSPS) is 13.0. The van der Waals surface area contributed by atoms with Crippen molar-refractivity contribution in [3.05, 3.63) is 53.3 Å². The topological polar surface area (TPSA) is 118 Å². The molecule has 31 heavy (non-hydrogen) atoms. The van der Waals surface area contributed by atoms with Crippen molar-refractivity contribution >= 4 is 16.8 Å². The Morgan fingerprint density at radius 3 is 2.84 bits per heavy atom. The van der Waals surface area contributed by atoms with Gasteiger partial charge in [-0.15, -0.1) is 0 Å². The number of phenols is 1. The third-order valence-electron chi connectivity index (χ3n) is 4.56. The Morgan fingerprint density at radius 1 is 1.29 bits per heavy atom. The summed E-state index contributed by atoms with van der Waals surface area (Å²) in [6.07, 6.45) is 5.55. The number of aromatic hydroxyl groups is 1. The molecule has 2 rings (SSSR count). The van der Waals surface area contributed by atoms with Crippen LogP contribution in [0, 0.1) is 0 Å². The standard InChI is InChI=1S/C22H30N2O6S/c1-3-30-22(27)18-8-10-24-13-17(18)15-29-11-5-4-9-23-14-20(26)16-6-7-19(25)21(12-16)31(2)28/h6-8,10,12-13,20,23,25-26H,3-5,9,11,14-15H2,1-2H3. The van der Waals surface area contributed by atoms with Crippen LogP contribution in [0.15, 0.2) is 41.6 Å². The van der Waals surface area contributed by atoms with Crippen molar-refractivity contribution in [2.75, 3.05) is 32.6 Å². The Morgan fingerprint density at radius 2 is 2.10 bits per heavy atom. The Balaban J connectivity index is 1.65. The smallest absolute Gasteiger partial charge is 0.338 e. The number of benzene rings is 1. The first-order valence-electron chi connectivity index (χ1n) is 10.2. The molecule has 9 heteroatoms. The van der Waals surface area contributed by atoms with Crippen molar-refractivity contribution in [1.82, 2.24) is 10.3 Å². The molecule has 0 aliphatic rings. The number of aliphatic hydroxyl groups excluding tert-OH is 1. The van der Waals surface area contributed by atoms with Crippen LogP contribution in [0.4, 0.5) is 0 Å². The van der Waals surface area contributed by atoms with Crippen molar-refractivity contribution in [2.45, 2.75) is 37.4 Å². The van der Waals surface area contributed by atoms with Crippen LogP contribution < -0.4 is 5.32 Å². The third-order valence-corrected chi connectivity index (χ3v) is 5.51. The molecular weight excluding hydrogens is 420 g/mol. The first-order valence-corrected chi connectivity index (χ1v) is 11.7. The van der Waals surface area contributed by atoms with Gasteiger partial charge in [0.15, 0.2) is 0 Å². The highest BCUT2D eigenvalue weighted by Crippen LogP contribution is 2.24. The number of hydrogen-bond donors (Lipinski definition) is 3. The second kappa shape index (κ2) is 13.2. The lowest BCUT2D eigenvalue weighted by atomic mass is 10.1. The van der Waals surface area contributed by atoms with Crippen LogP contribution >= 0.6 is 0 Å². The second-order valence-electron chi connectivity index (χ2n) is 6.91. The maximum absolute atomic E-state index is 11.9. The predicted molar refractivity (Wildman–Crippen MR) is 117 cm³/mol. The van der Waals surface area contributed by atoms with Gasteiger partial charge in [0, 0.05) is 37.4 Å². The van der Waals surface area contributed by atoms with Crippen LogP contribution in [0.25, 0.3) is 0 Å². The second-order valence-corrected chi connectivity index (χ2v) is 8.26. The fourth-order valence-electron chi connectivity index (χ4n) is 2.91. The number of nitrogens with zero attached hydrogens (tertiary/aromatic N) is 1. The maximum Gasteiger partial charge on any atom is 0.338 e. The summed E-state index contributed by atoms with van der Waals surface area (Å²) in [5.41, 5.74) is 1.77. The van der Waals surface area contributed by atoms with Crippen molar-refractivity contribution in [2.24, 2.45) is 0 Å². The van der Waals surface area contributed by atoms with Crippen LogP contribution in [0.3, 0.4) is 0 Å². The zero-order valence-electron chi connectivity index (χ0n) is 17.9. The number of carbonyl (C=O) groups is 1. The van der Waals surface area contributed by atoms with E-state index < -0.39 is 16.9 Å². The summed E-state index contributed by atoms with van der Waals surface area (Å²) >= 11 is 0. The molecule has 0 radical (unpaired) electrons. The zero-order valence-corrected chi connectivity index (χ0v) is 18.7. The number of rotatable bonds is 13. The Bertz CT molecular complexity index is 877. The third kappa shape index (κ3) is 8.02. The first-order chi connectivity index (χ1) is 14.9. The number of nitrogens with one attached hydrogen (secondary N) is 1. The summed E-state index contributed by atoms with van der Waals surface area (Å²) in [4.78, 5) is 16.3. The molecule has 0 spiro atoms. The summed E-state index contributed by atoms with van der Waals surface area (Å²) in [5, 5.41) is 23.2. The SMILES string of the molecule is CCOC(=O)c1ccncc1COCCCCNCC(O)c1ccc(O)c(S(C)=O)c1. The first kappa shape index (κ1) is 24.9. The molecule has 1 heterocycles. The van der Waals surface area contributed by atoms with E-state index in [-0.39, 0.29) is 18.3 Å². The van der Waals surface area contributed by atoms with Crippen molar-refractivity contribution in [3.8, 4) is 5.75 Å². The van der Waals surface area contributed by atoms with E-state index in [1.807, 2.05) is 0 Å². The van der Waals surface area contributed by atoms with E-state index in [4.69, 9.17) is 9.47 Å². The number of phenolic OH excluding ortho intramolecular Hbond substituents is 1. The quantitative estimate of drug-likeness (QED) is 0.314. The lowest BCUT2D eigenvalue weighted by Crippen LogP contribution is -2.22. The van der Waals surface area contributed by atoms with Crippen molar-refractivity contribution < 1.29 is 28.7 Å². The van der Waals surface area contributed by atoms with E-state index in [9.17, 15) is 19.2 Å². The van der Waals surface area contributed by atoms with Crippen LogP contribution in [-0.4, -0.2) is 57.9 Å². The molecule has 0 saturated heterocycles. The number of hydrogen-bond acceptors (Lipinski definition) is 8. The van der Waals surface area contributed by atoms with Crippen LogP contribution in [0.1, 0.15) is 47.4 Å². The van der Waals surface area contributed by atoms with E-state index in [0.717, 1.165) is 12.8 Å². The van der Waals surface area contributed by atoms with Gasteiger partial charge in [-0.1, -0.05) is 6.07 Å². The minimum Gasteiger partial charge on any atom is -0.507 e.